The maximum Gasteiger partial charge on any atom is 0.252 e. The number of ether oxygens (including phenoxy) is 1. The molecule has 0 unspecified atom stereocenters. The highest BCUT2D eigenvalue weighted by Gasteiger charge is 2.49. The SMILES string of the molecule is CC(C)Oc1ccc(-c2cc3c(N[C@@H]4CC[C@](C)(N)C4(C)C)c(C(N)=O)cnn3c2)cn1. The smallest absolute Gasteiger partial charge is 0.252 e. The zero-order valence-corrected chi connectivity index (χ0v) is 19.3. The van der Waals surface area contributed by atoms with Crippen molar-refractivity contribution in [1.82, 2.24) is 14.6 Å². The van der Waals surface area contributed by atoms with E-state index in [0.717, 1.165) is 29.5 Å². The van der Waals surface area contributed by atoms with Crippen molar-refractivity contribution in [1.29, 1.82) is 0 Å². The summed E-state index contributed by atoms with van der Waals surface area (Å²) in [6.07, 6.45) is 7.07. The number of carbonyl (C=O) groups excluding carboxylic acids is 1. The molecule has 1 amide bonds. The fraction of sp³-hybridized carbons (Fsp3) is 0.458. The zero-order valence-electron chi connectivity index (χ0n) is 19.3. The van der Waals surface area contributed by atoms with Gasteiger partial charge in [-0.15, -0.1) is 0 Å². The molecule has 0 radical (unpaired) electrons. The number of anilines is 1. The molecule has 1 fully saturated rings. The first-order valence-electron chi connectivity index (χ1n) is 11.0. The summed E-state index contributed by atoms with van der Waals surface area (Å²) < 4.78 is 7.39. The zero-order chi connectivity index (χ0) is 23.3. The Morgan fingerprint density at radius 1 is 1.25 bits per heavy atom. The van der Waals surface area contributed by atoms with Gasteiger partial charge >= 0.3 is 0 Å². The molecule has 8 nitrogen and oxygen atoms in total. The molecule has 5 N–H and O–H groups in total. The number of carbonyl (C=O) groups is 1. The fourth-order valence-electron chi connectivity index (χ4n) is 4.37. The molecule has 0 bridgehead atoms. The molecule has 0 aliphatic heterocycles. The van der Waals surface area contributed by atoms with Crippen molar-refractivity contribution >= 4 is 17.1 Å². The van der Waals surface area contributed by atoms with Crippen LogP contribution in [-0.2, 0) is 0 Å². The van der Waals surface area contributed by atoms with Crippen LogP contribution in [0.3, 0.4) is 0 Å². The van der Waals surface area contributed by atoms with Gasteiger partial charge in [0.2, 0.25) is 5.88 Å². The Balaban J connectivity index is 1.74. The number of fused-ring (bicyclic) bond motifs is 1. The summed E-state index contributed by atoms with van der Waals surface area (Å²) in [7, 11) is 0. The fourth-order valence-corrected chi connectivity index (χ4v) is 4.37. The Bertz CT molecular complexity index is 1150. The van der Waals surface area contributed by atoms with E-state index in [0.29, 0.717) is 17.1 Å². The minimum Gasteiger partial charge on any atom is -0.475 e. The largest absolute Gasteiger partial charge is 0.475 e. The van der Waals surface area contributed by atoms with Crippen LogP contribution in [0.4, 0.5) is 5.69 Å². The molecular weight excluding hydrogens is 404 g/mol. The Kier molecular flexibility index (Phi) is 5.36. The van der Waals surface area contributed by atoms with Crippen LogP contribution in [0, 0.1) is 5.41 Å². The van der Waals surface area contributed by atoms with Gasteiger partial charge in [-0.25, -0.2) is 9.50 Å². The van der Waals surface area contributed by atoms with Crippen molar-refractivity contribution in [2.24, 2.45) is 16.9 Å². The van der Waals surface area contributed by atoms with E-state index in [1.54, 1.807) is 10.7 Å². The van der Waals surface area contributed by atoms with Crippen molar-refractivity contribution in [3.63, 3.8) is 0 Å². The summed E-state index contributed by atoms with van der Waals surface area (Å²) in [4.78, 5) is 16.6. The van der Waals surface area contributed by atoms with Gasteiger partial charge in [-0.1, -0.05) is 13.8 Å². The number of hydrogen-bond acceptors (Lipinski definition) is 6. The first-order valence-corrected chi connectivity index (χ1v) is 11.0. The van der Waals surface area contributed by atoms with E-state index < -0.39 is 5.91 Å². The van der Waals surface area contributed by atoms with Crippen molar-refractivity contribution in [3.8, 4) is 17.0 Å². The maximum atomic E-state index is 12.2. The highest BCUT2D eigenvalue weighted by atomic mass is 16.5. The first kappa shape index (κ1) is 22.1. The minimum absolute atomic E-state index is 0.0608. The van der Waals surface area contributed by atoms with Crippen LogP contribution >= 0.6 is 0 Å². The van der Waals surface area contributed by atoms with Gasteiger partial charge in [0.1, 0.15) is 0 Å². The number of primary amides is 1. The molecule has 32 heavy (non-hydrogen) atoms. The average molecular weight is 437 g/mol. The number of hydrogen-bond donors (Lipinski definition) is 3. The molecule has 3 aromatic heterocycles. The molecule has 1 aliphatic rings. The monoisotopic (exact) mass is 436 g/mol. The number of nitrogens with one attached hydrogen (secondary N) is 1. The summed E-state index contributed by atoms with van der Waals surface area (Å²) in [6, 6.07) is 5.89. The van der Waals surface area contributed by atoms with Gasteiger partial charge in [0.15, 0.2) is 0 Å². The third-order valence-corrected chi connectivity index (χ3v) is 6.94. The number of rotatable bonds is 6. The molecule has 0 aromatic carbocycles. The molecule has 4 rings (SSSR count). The van der Waals surface area contributed by atoms with Gasteiger partial charge in [-0.2, -0.15) is 5.10 Å². The van der Waals surface area contributed by atoms with Crippen molar-refractivity contribution in [2.45, 2.75) is 65.1 Å². The number of nitrogens with two attached hydrogens (primary N) is 2. The molecule has 170 valence electrons. The predicted octanol–water partition coefficient (Wildman–Crippen LogP) is 3.60. The molecule has 3 aromatic rings. The molecule has 0 spiro atoms. The van der Waals surface area contributed by atoms with Crippen LogP contribution in [-0.4, -0.2) is 38.2 Å². The third kappa shape index (κ3) is 3.79. The maximum absolute atomic E-state index is 12.2. The highest BCUT2D eigenvalue weighted by molar-refractivity contribution is 6.02. The number of amides is 1. The van der Waals surface area contributed by atoms with Gasteiger partial charge in [-0.05, 0) is 45.7 Å². The molecule has 3 heterocycles. The Morgan fingerprint density at radius 3 is 2.56 bits per heavy atom. The van der Waals surface area contributed by atoms with E-state index in [-0.39, 0.29) is 23.1 Å². The third-order valence-electron chi connectivity index (χ3n) is 6.94. The second-order valence-electron chi connectivity index (χ2n) is 9.78. The lowest BCUT2D eigenvalue weighted by molar-refractivity contribution is 0.100. The molecular formula is C24H32N6O2. The van der Waals surface area contributed by atoms with Gasteiger partial charge in [-0.3, -0.25) is 4.79 Å². The second kappa shape index (κ2) is 7.78. The lowest BCUT2D eigenvalue weighted by Gasteiger charge is -2.39. The minimum atomic E-state index is -0.520. The predicted molar refractivity (Wildman–Crippen MR) is 126 cm³/mol. The molecule has 1 saturated carbocycles. The van der Waals surface area contributed by atoms with E-state index in [9.17, 15) is 4.79 Å². The molecule has 2 atom stereocenters. The number of aromatic nitrogens is 3. The number of nitrogens with zero attached hydrogens (tertiary/aromatic N) is 3. The quantitative estimate of drug-likeness (QED) is 0.543. The van der Waals surface area contributed by atoms with Gasteiger partial charge in [0, 0.05) is 46.6 Å². The average Bonchev–Trinajstić information content (AvgIpc) is 3.22. The van der Waals surface area contributed by atoms with Crippen LogP contribution in [0.15, 0.2) is 36.8 Å². The summed E-state index contributed by atoms with van der Waals surface area (Å²) in [5, 5.41) is 8.01. The lowest BCUT2D eigenvalue weighted by atomic mass is 9.75. The highest BCUT2D eigenvalue weighted by Crippen LogP contribution is 2.46. The Morgan fingerprint density at radius 2 is 2.00 bits per heavy atom. The Labute approximate surface area is 188 Å². The van der Waals surface area contributed by atoms with E-state index in [1.807, 2.05) is 38.2 Å². The molecule has 0 saturated heterocycles. The van der Waals surface area contributed by atoms with E-state index >= 15 is 0 Å². The van der Waals surface area contributed by atoms with E-state index in [4.69, 9.17) is 16.2 Å². The van der Waals surface area contributed by atoms with Crippen LogP contribution in [0.1, 0.15) is 57.8 Å². The van der Waals surface area contributed by atoms with Gasteiger partial charge in [0.05, 0.1) is 29.1 Å². The standard InChI is InChI=1S/C24H32N6O2/c1-14(2)32-20-7-6-15(11-27-20)16-10-18-21(17(22(25)31)12-28-30(18)13-16)29-19-8-9-24(5,26)23(19,3)4/h6-7,10-14,19,29H,8-9,26H2,1-5H3,(H2,25,31)/t19-,24+/m1/s1. The van der Waals surface area contributed by atoms with Crippen LogP contribution in [0.5, 0.6) is 5.88 Å². The number of pyridine rings is 1. The van der Waals surface area contributed by atoms with Crippen LogP contribution < -0.4 is 21.5 Å². The molecule has 8 heteroatoms. The van der Waals surface area contributed by atoms with E-state index in [1.165, 1.54) is 6.20 Å². The van der Waals surface area contributed by atoms with Crippen molar-refractivity contribution in [3.05, 3.63) is 42.4 Å². The summed E-state index contributed by atoms with van der Waals surface area (Å²) in [6.45, 7) is 10.3. The van der Waals surface area contributed by atoms with Crippen LogP contribution in [0.2, 0.25) is 0 Å². The Hall–Kier alpha value is -3.13. The van der Waals surface area contributed by atoms with Crippen LogP contribution in [0.25, 0.3) is 16.6 Å². The van der Waals surface area contributed by atoms with Gasteiger partial charge < -0.3 is 21.5 Å². The lowest BCUT2D eigenvalue weighted by Crippen LogP contribution is -2.51. The second-order valence-corrected chi connectivity index (χ2v) is 9.78. The normalized spacial score (nSPS) is 22.4. The van der Waals surface area contributed by atoms with Crippen molar-refractivity contribution < 1.29 is 9.53 Å². The summed E-state index contributed by atoms with van der Waals surface area (Å²) >= 11 is 0. The van der Waals surface area contributed by atoms with Gasteiger partial charge in [0.25, 0.3) is 5.91 Å². The summed E-state index contributed by atoms with van der Waals surface area (Å²) in [5.74, 6) is 0.0609. The van der Waals surface area contributed by atoms with E-state index in [2.05, 4.69) is 36.2 Å². The first-order chi connectivity index (χ1) is 15.0. The topological polar surface area (TPSA) is 121 Å². The van der Waals surface area contributed by atoms with Crippen molar-refractivity contribution in [2.75, 3.05) is 5.32 Å². The molecule has 1 aliphatic carbocycles. The summed E-state index contributed by atoms with van der Waals surface area (Å²) in [5.41, 5.74) is 15.5.